The Labute approximate surface area is 180 Å². The maximum Gasteiger partial charge on any atom is 0.160 e. The van der Waals surface area contributed by atoms with Gasteiger partial charge < -0.3 is 0 Å². The van der Waals surface area contributed by atoms with Crippen molar-refractivity contribution in [2.24, 2.45) is 4.99 Å². The van der Waals surface area contributed by atoms with Gasteiger partial charge in [0.2, 0.25) is 0 Å². The lowest BCUT2D eigenvalue weighted by Gasteiger charge is -2.11. The van der Waals surface area contributed by atoms with E-state index < -0.39 is 0 Å². The van der Waals surface area contributed by atoms with E-state index in [1.165, 1.54) is 50.5 Å². The molecule has 0 unspecified atom stereocenters. The van der Waals surface area contributed by atoms with Gasteiger partial charge in [0.15, 0.2) is 5.82 Å². The predicted octanol–water partition coefficient (Wildman–Crippen LogP) is 5.07. The van der Waals surface area contributed by atoms with E-state index in [0.29, 0.717) is 6.54 Å². The van der Waals surface area contributed by atoms with Gasteiger partial charge in [0.05, 0.1) is 5.71 Å². The molecular formula is C25H22N4S. The average Bonchev–Trinajstić information content (AvgIpc) is 3.42. The third-order valence-electron chi connectivity index (χ3n) is 6.06. The minimum Gasteiger partial charge on any atom is -0.276 e. The van der Waals surface area contributed by atoms with Crippen molar-refractivity contribution in [3.05, 3.63) is 98.9 Å². The Hall–Kier alpha value is -3.05. The molecule has 0 saturated heterocycles. The van der Waals surface area contributed by atoms with Crippen molar-refractivity contribution in [3.63, 3.8) is 0 Å². The van der Waals surface area contributed by atoms with Crippen molar-refractivity contribution in [2.75, 3.05) is 0 Å². The van der Waals surface area contributed by atoms with E-state index in [0.717, 1.165) is 30.2 Å². The monoisotopic (exact) mass is 410 g/mol. The number of benzene rings is 2. The van der Waals surface area contributed by atoms with Crippen molar-refractivity contribution in [3.8, 4) is 5.00 Å². The van der Waals surface area contributed by atoms with E-state index in [1.54, 1.807) is 0 Å². The van der Waals surface area contributed by atoms with Gasteiger partial charge in [-0.3, -0.25) is 9.56 Å². The first-order valence-corrected chi connectivity index (χ1v) is 11.3. The number of thiophene rings is 1. The van der Waals surface area contributed by atoms with Crippen LogP contribution in [0, 0.1) is 6.92 Å². The van der Waals surface area contributed by atoms with Gasteiger partial charge in [0, 0.05) is 16.0 Å². The molecule has 0 amide bonds. The third-order valence-corrected chi connectivity index (χ3v) is 7.34. The van der Waals surface area contributed by atoms with Crippen LogP contribution in [0.1, 0.15) is 50.8 Å². The first-order chi connectivity index (χ1) is 14.8. The van der Waals surface area contributed by atoms with Crippen LogP contribution < -0.4 is 0 Å². The van der Waals surface area contributed by atoms with Crippen molar-refractivity contribution >= 4 is 17.0 Å². The SMILES string of the molecule is Cc1nnc2n1-c1sc3c(c1C(c1cccc(Cc4ccccc4)c1)=NC2)CCC3. The molecule has 30 heavy (non-hydrogen) atoms. The predicted molar refractivity (Wildman–Crippen MR) is 121 cm³/mol. The van der Waals surface area contributed by atoms with Crippen molar-refractivity contribution < 1.29 is 0 Å². The summed E-state index contributed by atoms with van der Waals surface area (Å²) in [5.74, 6) is 1.88. The molecule has 2 aromatic heterocycles. The van der Waals surface area contributed by atoms with Crippen LogP contribution in [0.4, 0.5) is 0 Å². The smallest absolute Gasteiger partial charge is 0.160 e. The van der Waals surface area contributed by atoms with E-state index in [4.69, 9.17) is 4.99 Å². The number of nitrogens with zero attached hydrogens (tertiary/aromatic N) is 4. The third kappa shape index (κ3) is 2.84. The molecule has 0 atom stereocenters. The fourth-order valence-electron chi connectivity index (χ4n) is 4.69. The number of fused-ring (bicyclic) bond motifs is 5. The zero-order valence-electron chi connectivity index (χ0n) is 16.9. The summed E-state index contributed by atoms with van der Waals surface area (Å²) in [6.07, 6.45) is 4.48. The lowest BCUT2D eigenvalue weighted by molar-refractivity contribution is 0.868. The van der Waals surface area contributed by atoms with Crippen molar-refractivity contribution in [1.29, 1.82) is 0 Å². The molecule has 148 valence electrons. The van der Waals surface area contributed by atoms with Crippen LogP contribution in [0.25, 0.3) is 5.00 Å². The van der Waals surface area contributed by atoms with Gasteiger partial charge in [-0.15, -0.1) is 21.5 Å². The molecule has 1 aliphatic heterocycles. The second-order valence-corrected chi connectivity index (χ2v) is 9.15. The number of rotatable bonds is 3. The first kappa shape index (κ1) is 17.8. The molecule has 5 heteroatoms. The van der Waals surface area contributed by atoms with Gasteiger partial charge in [-0.1, -0.05) is 48.5 Å². The quantitative estimate of drug-likeness (QED) is 0.473. The van der Waals surface area contributed by atoms with Gasteiger partial charge in [-0.25, -0.2) is 0 Å². The van der Waals surface area contributed by atoms with Crippen molar-refractivity contribution in [2.45, 2.75) is 39.2 Å². The van der Waals surface area contributed by atoms with E-state index >= 15 is 0 Å². The second kappa shape index (κ2) is 7.03. The van der Waals surface area contributed by atoms with Gasteiger partial charge >= 0.3 is 0 Å². The highest BCUT2D eigenvalue weighted by Crippen LogP contribution is 2.41. The summed E-state index contributed by atoms with van der Waals surface area (Å²) in [4.78, 5) is 6.60. The Morgan fingerprint density at radius 2 is 1.83 bits per heavy atom. The lowest BCUT2D eigenvalue weighted by Crippen LogP contribution is -2.08. The van der Waals surface area contributed by atoms with Gasteiger partial charge in [-0.05, 0) is 55.4 Å². The zero-order valence-corrected chi connectivity index (χ0v) is 17.7. The Morgan fingerprint density at radius 1 is 0.967 bits per heavy atom. The van der Waals surface area contributed by atoms with E-state index in [-0.39, 0.29) is 0 Å². The maximum atomic E-state index is 5.09. The van der Waals surface area contributed by atoms with Crippen LogP contribution in [0.15, 0.2) is 59.6 Å². The molecule has 2 aromatic carbocycles. The van der Waals surface area contributed by atoms with Crippen LogP contribution in [0.2, 0.25) is 0 Å². The number of aliphatic imine (C=N–C) groups is 1. The number of aromatic nitrogens is 3. The lowest BCUT2D eigenvalue weighted by atomic mass is 9.96. The molecule has 3 heterocycles. The topological polar surface area (TPSA) is 43.1 Å². The molecule has 0 spiro atoms. The molecule has 0 bridgehead atoms. The molecule has 4 aromatic rings. The van der Waals surface area contributed by atoms with Gasteiger partial charge in [0.25, 0.3) is 0 Å². The molecular weight excluding hydrogens is 388 g/mol. The highest BCUT2D eigenvalue weighted by Gasteiger charge is 2.30. The summed E-state index contributed by atoms with van der Waals surface area (Å²) in [6, 6.07) is 19.6. The van der Waals surface area contributed by atoms with Gasteiger partial charge in [-0.2, -0.15) is 0 Å². The van der Waals surface area contributed by atoms with E-state index in [9.17, 15) is 0 Å². The van der Waals surface area contributed by atoms with Crippen LogP contribution >= 0.6 is 11.3 Å². The van der Waals surface area contributed by atoms with E-state index in [1.807, 2.05) is 18.3 Å². The maximum absolute atomic E-state index is 5.09. The second-order valence-electron chi connectivity index (χ2n) is 8.06. The zero-order chi connectivity index (χ0) is 20.1. The molecule has 0 saturated carbocycles. The Kier molecular flexibility index (Phi) is 4.16. The van der Waals surface area contributed by atoms with Crippen LogP contribution in [0.3, 0.4) is 0 Å². The fourth-order valence-corrected chi connectivity index (χ4v) is 6.15. The summed E-state index contributed by atoms with van der Waals surface area (Å²) in [5.41, 5.74) is 7.76. The summed E-state index contributed by atoms with van der Waals surface area (Å²) < 4.78 is 2.22. The number of aryl methyl sites for hydroxylation is 2. The molecule has 4 nitrogen and oxygen atoms in total. The van der Waals surface area contributed by atoms with Crippen LogP contribution in [0.5, 0.6) is 0 Å². The van der Waals surface area contributed by atoms with Gasteiger partial charge in [0.1, 0.15) is 17.4 Å². The highest BCUT2D eigenvalue weighted by atomic mass is 32.1. The molecule has 6 rings (SSSR count). The highest BCUT2D eigenvalue weighted by molar-refractivity contribution is 7.15. The molecule has 0 radical (unpaired) electrons. The normalized spacial score (nSPS) is 14.6. The Balaban J connectivity index is 1.48. The van der Waals surface area contributed by atoms with Crippen molar-refractivity contribution in [1.82, 2.24) is 14.8 Å². The number of hydrogen-bond donors (Lipinski definition) is 0. The minimum atomic E-state index is 0.565. The average molecular weight is 411 g/mol. The minimum absolute atomic E-state index is 0.565. The van der Waals surface area contributed by atoms with Crippen LogP contribution in [-0.2, 0) is 25.8 Å². The Morgan fingerprint density at radius 3 is 2.73 bits per heavy atom. The first-order valence-electron chi connectivity index (χ1n) is 10.5. The molecule has 1 aliphatic carbocycles. The Bertz CT molecular complexity index is 1280. The van der Waals surface area contributed by atoms with Crippen LogP contribution in [-0.4, -0.2) is 20.5 Å². The summed E-state index contributed by atoms with van der Waals surface area (Å²) in [6.45, 7) is 2.60. The molecule has 2 aliphatic rings. The molecule has 0 fully saturated rings. The standard InChI is InChI=1S/C25H22N4S/c1-16-27-28-22-15-26-24(23-20-11-6-12-21(20)30-25(23)29(16)22)19-10-5-9-18(14-19)13-17-7-3-2-4-8-17/h2-5,7-10,14H,6,11-13,15H2,1H3. The fraction of sp³-hybridized carbons (Fsp3) is 0.240. The number of hydrogen-bond acceptors (Lipinski definition) is 4. The summed E-state index contributed by atoms with van der Waals surface area (Å²) in [5, 5.41) is 9.99. The molecule has 0 N–H and O–H groups in total. The largest absolute Gasteiger partial charge is 0.276 e. The summed E-state index contributed by atoms with van der Waals surface area (Å²) >= 11 is 1.91. The summed E-state index contributed by atoms with van der Waals surface area (Å²) in [7, 11) is 0. The van der Waals surface area contributed by atoms with E-state index in [2.05, 4.69) is 69.4 Å².